The highest BCUT2D eigenvalue weighted by Crippen LogP contribution is 2.23. The lowest BCUT2D eigenvalue weighted by molar-refractivity contribution is -0.131. The predicted octanol–water partition coefficient (Wildman–Crippen LogP) is 3.71. The Hall–Kier alpha value is -1.62. The van der Waals surface area contributed by atoms with Gasteiger partial charge in [0, 0.05) is 17.0 Å². The van der Waals surface area contributed by atoms with Crippen LogP contribution in [0.5, 0.6) is 0 Å². The van der Waals surface area contributed by atoms with Crippen molar-refractivity contribution >= 4 is 29.3 Å². The van der Waals surface area contributed by atoms with Gasteiger partial charge >= 0.3 is 5.97 Å². The van der Waals surface area contributed by atoms with Gasteiger partial charge in [-0.15, -0.1) is 11.3 Å². The largest absolute Gasteiger partial charge is 0.478 e. The highest BCUT2D eigenvalue weighted by atomic mass is 32.1. The van der Waals surface area contributed by atoms with Crippen LogP contribution in [-0.2, 0) is 4.79 Å². The number of nitrogens with one attached hydrogen (secondary N) is 1. The molecule has 0 aliphatic carbocycles. The third-order valence-electron chi connectivity index (χ3n) is 3.39. The van der Waals surface area contributed by atoms with Gasteiger partial charge in [0.15, 0.2) is 0 Å². The molecular formula is C16H23NO3S. The summed E-state index contributed by atoms with van der Waals surface area (Å²) in [5, 5.41) is 11.6. The van der Waals surface area contributed by atoms with Crippen molar-refractivity contribution < 1.29 is 14.7 Å². The van der Waals surface area contributed by atoms with Crippen molar-refractivity contribution in [2.75, 3.05) is 0 Å². The van der Waals surface area contributed by atoms with Gasteiger partial charge in [0.1, 0.15) is 0 Å². The first kappa shape index (κ1) is 17.4. The van der Waals surface area contributed by atoms with E-state index in [1.165, 1.54) is 17.4 Å². The van der Waals surface area contributed by atoms with Crippen molar-refractivity contribution in [3.8, 4) is 0 Å². The van der Waals surface area contributed by atoms with Crippen LogP contribution >= 0.6 is 11.3 Å². The monoisotopic (exact) mass is 309 g/mol. The molecule has 1 amide bonds. The van der Waals surface area contributed by atoms with E-state index >= 15 is 0 Å². The number of aryl methyl sites for hydroxylation is 1. The lowest BCUT2D eigenvalue weighted by atomic mass is 10.0. The Bertz CT molecular complexity index is 534. The Morgan fingerprint density at radius 2 is 2.10 bits per heavy atom. The minimum atomic E-state index is -0.990. The van der Waals surface area contributed by atoms with E-state index in [9.17, 15) is 9.59 Å². The molecule has 1 aromatic rings. The molecule has 0 aliphatic heterocycles. The number of carbonyl (C=O) groups is 2. The smallest absolute Gasteiger partial charge is 0.328 e. The number of hydrogen-bond acceptors (Lipinski definition) is 3. The topological polar surface area (TPSA) is 66.4 Å². The molecular weight excluding hydrogens is 286 g/mol. The molecule has 2 unspecified atom stereocenters. The van der Waals surface area contributed by atoms with Gasteiger partial charge in [-0.25, -0.2) is 4.79 Å². The highest BCUT2D eigenvalue weighted by molar-refractivity contribution is 7.15. The Morgan fingerprint density at radius 1 is 1.43 bits per heavy atom. The fraction of sp³-hybridized carbons (Fsp3) is 0.500. The molecule has 4 nitrogen and oxygen atoms in total. The van der Waals surface area contributed by atoms with Crippen molar-refractivity contribution in [1.82, 2.24) is 5.32 Å². The second-order valence-electron chi connectivity index (χ2n) is 5.45. The zero-order valence-corrected chi connectivity index (χ0v) is 13.8. The molecule has 0 bridgehead atoms. The Morgan fingerprint density at radius 3 is 2.67 bits per heavy atom. The van der Waals surface area contributed by atoms with Gasteiger partial charge in [0.05, 0.1) is 4.88 Å². The van der Waals surface area contributed by atoms with Gasteiger partial charge in [-0.05, 0) is 43.9 Å². The maximum atomic E-state index is 12.2. The zero-order valence-electron chi connectivity index (χ0n) is 13.0. The molecule has 21 heavy (non-hydrogen) atoms. The molecule has 0 aliphatic rings. The summed E-state index contributed by atoms with van der Waals surface area (Å²) in [6.45, 7) is 8.20. The van der Waals surface area contributed by atoms with Gasteiger partial charge in [-0.2, -0.15) is 0 Å². The van der Waals surface area contributed by atoms with Crippen LogP contribution in [0, 0.1) is 12.8 Å². The van der Waals surface area contributed by atoms with Gasteiger partial charge < -0.3 is 10.4 Å². The summed E-state index contributed by atoms with van der Waals surface area (Å²) < 4.78 is 0. The molecule has 0 fully saturated rings. The number of amides is 1. The molecule has 0 saturated heterocycles. The third kappa shape index (κ3) is 5.71. The molecule has 1 rings (SSSR count). The molecule has 2 N–H and O–H groups in total. The Kier molecular flexibility index (Phi) is 6.62. The van der Waals surface area contributed by atoms with E-state index in [0.717, 1.165) is 29.4 Å². The van der Waals surface area contributed by atoms with Crippen molar-refractivity contribution in [3.63, 3.8) is 0 Å². The number of carbonyl (C=O) groups excluding carboxylic acids is 1. The van der Waals surface area contributed by atoms with Crippen LogP contribution in [0.1, 0.15) is 53.7 Å². The van der Waals surface area contributed by atoms with E-state index in [1.807, 2.05) is 13.8 Å². The van der Waals surface area contributed by atoms with E-state index in [1.54, 1.807) is 6.07 Å². The third-order valence-corrected chi connectivity index (χ3v) is 4.59. The van der Waals surface area contributed by atoms with E-state index in [4.69, 9.17) is 5.11 Å². The number of thiophene rings is 1. The van der Waals surface area contributed by atoms with Crippen molar-refractivity contribution in [1.29, 1.82) is 0 Å². The molecule has 0 spiro atoms. The molecule has 2 atom stereocenters. The summed E-state index contributed by atoms with van der Waals surface area (Å²) in [6, 6.07) is 1.94. The molecule has 116 valence electrons. The summed E-state index contributed by atoms with van der Waals surface area (Å²) >= 11 is 1.31. The number of hydrogen-bond donors (Lipinski definition) is 2. The van der Waals surface area contributed by atoms with Crippen LogP contribution in [-0.4, -0.2) is 23.0 Å². The second kappa shape index (κ2) is 7.98. The number of rotatable bonds is 7. The lowest BCUT2D eigenvalue weighted by Gasteiger charge is -2.16. The molecule has 0 saturated carbocycles. The van der Waals surface area contributed by atoms with Gasteiger partial charge in [-0.1, -0.05) is 20.3 Å². The average Bonchev–Trinajstić information content (AvgIpc) is 2.77. The van der Waals surface area contributed by atoms with E-state index < -0.39 is 5.97 Å². The fourth-order valence-corrected chi connectivity index (χ4v) is 3.02. The number of aliphatic carboxylic acids is 1. The highest BCUT2D eigenvalue weighted by Gasteiger charge is 2.15. The van der Waals surface area contributed by atoms with Crippen LogP contribution in [0.25, 0.3) is 6.08 Å². The van der Waals surface area contributed by atoms with E-state index in [2.05, 4.69) is 19.2 Å². The maximum absolute atomic E-state index is 12.2. The second-order valence-corrected chi connectivity index (χ2v) is 6.54. The summed E-state index contributed by atoms with van der Waals surface area (Å²) in [5.41, 5.74) is 0.914. The van der Waals surface area contributed by atoms with Crippen LogP contribution in [0.2, 0.25) is 0 Å². The minimum absolute atomic E-state index is 0.0890. The van der Waals surface area contributed by atoms with Crippen LogP contribution in [0.3, 0.4) is 0 Å². The van der Waals surface area contributed by atoms with Crippen LogP contribution < -0.4 is 5.32 Å². The summed E-state index contributed by atoms with van der Waals surface area (Å²) in [4.78, 5) is 24.1. The summed E-state index contributed by atoms with van der Waals surface area (Å²) in [5.74, 6) is -0.496. The Labute approximate surface area is 129 Å². The first-order valence-electron chi connectivity index (χ1n) is 7.15. The quantitative estimate of drug-likeness (QED) is 0.755. The zero-order chi connectivity index (χ0) is 16.0. The average molecular weight is 309 g/mol. The first-order valence-corrected chi connectivity index (χ1v) is 7.97. The van der Waals surface area contributed by atoms with Gasteiger partial charge in [0.2, 0.25) is 0 Å². The summed E-state index contributed by atoms with van der Waals surface area (Å²) in [7, 11) is 0. The van der Waals surface area contributed by atoms with Crippen molar-refractivity contribution in [2.24, 2.45) is 5.92 Å². The van der Waals surface area contributed by atoms with Crippen molar-refractivity contribution in [3.05, 3.63) is 27.5 Å². The van der Waals surface area contributed by atoms with Gasteiger partial charge in [-0.3, -0.25) is 4.79 Å². The number of carboxylic acids is 1. The predicted molar refractivity (Wildman–Crippen MR) is 86.7 cm³/mol. The lowest BCUT2D eigenvalue weighted by Crippen LogP contribution is -2.33. The maximum Gasteiger partial charge on any atom is 0.328 e. The molecule has 0 aromatic carbocycles. The van der Waals surface area contributed by atoms with Gasteiger partial charge in [0.25, 0.3) is 5.91 Å². The fourth-order valence-electron chi connectivity index (χ4n) is 2.04. The molecule has 1 heterocycles. The van der Waals surface area contributed by atoms with E-state index in [-0.39, 0.29) is 11.9 Å². The SMILES string of the molecule is CCC(C)CC(C)NC(=O)c1cc(C)c(/C=C/C(=O)O)s1. The summed E-state index contributed by atoms with van der Waals surface area (Å²) in [6.07, 6.45) is 4.68. The molecule has 0 radical (unpaired) electrons. The molecule has 5 heteroatoms. The van der Waals surface area contributed by atoms with Crippen LogP contribution in [0.4, 0.5) is 0 Å². The minimum Gasteiger partial charge on any atom is -0.478 e. The Balaban J connectivity index is 2.71. The normalized spacial score (nSPS) is 14.1. The van der Waals surface area contributed by atoms with E-state index in [0.29, 0.717) is 10.8 Å². The number of carboxylic acid groups (broad SMARTS) is 1. The van der Waals surface area contributed by atoms with Crippen LogP contribution in [0.15, 0.2) is 12.1 Å². The first-order chi connectivity index (χ1) is 9.83. The molecule has 1 aromatic heterocycles. The standard InChI is InChI=1S/C16H23NO3S/c1-5-10(2)8-12(4)17-16(20)14-9-11(3)13(21-14)6-7-15(18)19/h6-7,9-10,12H,5,8H2,1-4H3,(H,17,20)(H,18,19)/b7-6+. The van der Waals surface area contributed by atoms with Crippen molar-refractivity contribution in [2.45, 2.75) is 46.6 Å².